The van der Waals surface area contributed by atoms with Crippen molar-refractivity contribution in [2.75, 3.05) is 0 Å². The number of carboxylic acids is 1. The molecule has 4 nitrogen and oxygen atoms in total. The molecule has 0 aromatic carbocycles. The zero-order chi connectivity index (χ0) is 10.1. The van der Waals surface area contributed by atoms with E-state index in [9.17, 15) is 14.7 Å². The molecule has 2 unspecified atom stereocenters. The number of carbonyl (C=O) groups is 2. The SMILES string of the molecule is CC(=O)C1(O)C=CC=CC1C(=O)O.Cl. The average molecular weight is 219 g/mol. The summed E-state index contributed by atoms with van der Waals surface area (Å²) >= 11 is 0. The predicted molar refractivity (Wildman–Crippen MR) is 52.3 cm³/mol. The van der Waals surface area contributed by atoms with Gasteiger partial charge in [0.25, 0.3) is 0 Å². The minimum Gasteiger partial charge on any atom is -0.481 e. The van der Waals surface area contributed by atoms with Crippen molar-refractivity contribution in [3.8, 4) is 0 Å². The van der Waals surface area contributed by atoms with E-state index < -0.39 is 23.3 Å². The Morgan fingerprint density at radius 3 is 2.29 bits per heavy atom. The second-order valence-corrected chi connectivity index (χ2v) is 2.94. The molecular formula is C9H11ClO4. The molecule has 0 heterocycles. The lowest BCUT2D eigenvalue weighted by molar-refractivity contribution is -0.152. The van der Waals surface area contributed by atoms with Crippen molar-refractivity contribution in [3.63, 3.8) is 0 Å². The minimum atomic E-state index is -1.89. The first-order chi connectivity index (χ1) is 5.98. The molecule has 1 aliphatic rings. The molecule has 0 aromatic heterocycles. The number of hydrogen-bond donors (Lipinski definition) is 2. The number of carboxylic acid groups (broad SMARTS) is 1. The number of ketones is 1. The zero-order valence-electron chi connectivity index (χ0n) is 7.51. The van der Waals surface area contributed by atoms with Crippen molar-refractivity contribution in [2.45, 2.75) is 12.5 Å². The van der Waals surface area contributed by atoms with E-state index in [1.807, 2.05) is 0 Å². The number of carbonyl (C=O) groups excluding carboxylic acids is 1. The van der Waals surface area contributed by atoms with Gasteiger partial charge in [-0.1, -0.05) is 18.2 Å². The van der Waals surface area contributed by atoms with Crippen molar-refractivity contribution in [1.29, 1.82) is 0 Å². The lowest BCUT2D eigenvalue weighted by Crippen LogP contribution is -2.46. The summed E-state index contributed by atoms with van der Waals surface area (Å²) in [4.78, 5) is 21.7. The van der Waals surface area contributed by atoms with Crippen LogP contribution in [-0.4, -0.2) is 27.6 Å². The Kier molecular flexibility index (Phi) is 4.04. The van der Waals surface area contributed by atoms with E-state index in [0.29, 0.717) is 0 Å². The highest BCUT2D eigenvalue weighted by molar-refractivity contribution is 5.93. The van der Waals surface area contributed by atoms with Gasteiger partial charge in [0.1, 0.15) is 5.92 Å². The predicted octanol–water partition coefficient (Wildman–Crippen LogP) is 0.555. The molecule has 1 aliphatic carbocycles. The molecule has 2 N–H and O–H groups in total. The lowest BCUT2D eigenvalue weighted by Gasteiger charge is -2.27. The Hall–Kier alpha value is -1.13. The van der Waals surface area contributed by atoms with Gasteiger partial charge >= 0.3 is 5.97 Å². The maximum Gasteiger partial charge on any atom is 0.314 e. The standard InChI is InChI=1S/C9H10O4.ClH/c1-6(10)9(13)5-3-2-4-7(9)8(11)12;/h2-5,7,13H,1H3,(H,11,12);1H. The number of hydrogen-bond acceptors (Lipinski definition) is 3. The van der Waals surface area contributed by atoms with Gasteiger partial charge < -0.3 is 10.2 Å². The maximum absolute atomic E-state index is 11.0. The summed E-state index contributed by atoms with van der Waals surface area (Å²) in [5.41, 5.74) is -1.89. The highest BCUT2D eigenvalue weighted by Gasteiger charge is 2.43. The fourth-order valence-electron chi connectivity index (χ4n) is 1.23. The van der Waals surface area contributed by atoms with Gasteiger partial charge in [-0.2, -0.15) is 0 Å². The molecule has 0 radical (unpaired) electrons. The number of rotatable bonds is 2. The van der Waals surface area contributed by atoms with E-state index in [0.717, 1.165) is 0 Å². The third-order valence-electron chi connectivity index (χ3n) is 2.07. The maximum atomic E-state index is 11.0. The van der Waals surface area contributed by atoms with Crippen LogP contribution in [0.5, 0.6) is 0 Å². The topological polar surface area (TPSA) is 74.6 Å². The van der Waals surface area contributed by atoms with Gasteiger partial charge in [-0.25, -0.2) is 0 Å². The van der Waals surface area contributed by atoms with Crippen molar-refractivity contribution in [1.82, 2.24) is 0 Å². The van der Waals surface area contributed by atoms with Crippen LogP contribution in [0, 0.1) is 5.92 Å². The summed E-state index contributed by atoms with van der Waals surface area (Å²) in [7, 11) is 0. The quantitative estimate of drug-likeness (QED) is 0.710. The van der Waals surface area contributed by atoms with Crippen LogP contribution in [0.25, 0.3) is 0 Å². The largest absolute Gasteiger partial charge is 0.481 e. The van der Waals surface area contributed by atoms with E-state index in [1.165, 1.54) is 31.2 Å². The van der Waals surface area contributed by atoms with E-state index in [-0.39, 0.29) is 12.4 Å². The first kappa shape index (κ1) is 12.9. The number of halogens is 1. The summed E-state index contributed by atoms with van der Waals surface area (Å²) in [6.07, 6.45) is 5.45. The van der Waals surface area contributed by atoms with Gasteiger partial charge in [0.15, 0.2) is 11.4 Å². The summed E-state index contributed by atoms with van der Waals surface area (Å²) < 4.78 is 0. The van der Waals surface area contributed by atoms with E-state index in [4.69, 9.17) is 5.11 Å². The molecular weight excluding hydrogens is 208 g/mol. The van der Waals surface area contributed by atoms with Gasteiger partial charge in [0, 0.05) is 0 Å². The number of aliphatic hydroxyl groups is 1. The summed E-state index contributed by atoms with van der Waals surface area (Å²) in [5.74, 6) is -2.96. The van der Waals surface area contributed by atoms with Gasteiger partial charge in [-0.05, 0) is 13.0 Å². The molecule has 0 fully saturated rings. The smallest absolute Gasteiger partial charge is 0.314 e. The number of allylic oxidation sites excluding steroid dienone is 2. The summed E-state index contributed by atoms with van der Waals surface area (Å²) in [5, 5.41) is 18.4. The fourth-order valence-corrected chi connectivity index (χ4v) is 1.23. The van der Waals surface area contributed by atoms with Crippen LogP contribution >= 0.6 is 12.4 Å². The highest BCUT2D eigenvalue weighted by Crippen LogP contribution is 2.25. The first-order valence-corrected chi connectivity index (χ1v) is 3.80. The second kappa shape index (κ2) is 4.39. The molecule has 0 amide bonds. The molecule has 0 saturated carbocycles. The molecule has 14 heavy (non-hydrogen) atoms. The monoisotopic (exact) mass is 218 g/mol. The second-order valence-electron chi connectivity index (χ2n) is 2.94. The third-order valence-corrected chi connectivity index (χ3v) is 2.07. The van der Waals surface area contributed by atoms with E-state index in [1.54, 1.807) is 0 Å². The van der Waals surface area contributed by atoms with Crippen LogP contribution in [-0.2, 0) is 9.59 Å². The summed E-state index contributed by atoms with van der Waals surface area (Å²) in [6.45, 7) is 1.17. The fraction of sp³-hybridized carbons (Fsp3) is 0.333. The van der Waals surface area contributed by atoms with Crippen LogP contribution in [0.4, 0.5) is 0 Å². The minimum absolute atomic E-state index is 0. The Morgan fingerprint density at radius 1 is 1.36 bits per heavy atom. The molecule has 0 saturated heterocycles. The van der Waals surface area contributed by atoms with Crippen molar-refractivity contribution >= 4 is 24.2 Å². The Bertz CT molecular complexity index is 308. The summed E-state index contributed by atoms with van der Waals surface area (Å²) in [6, 6.07) is 0. The van der Waals surface area contributed by atoms with Crippen molar-refractivity contribution in [3.05, 3.63) is 24.3 Å². The lowest BCUT2D eigenvalue weighted by atomic mass is 9.81. The van der Waals surface area contributed by atoms with Crippen LogP contribution in [0.2, 0.25) is 0 Å². The van der Waals surface area contributed by atoms with Gasteiger partial charge in [0.2, 0.25) is 0 Å². The number of Topliss-reactive ketones (excluding diaryl/α,β-unsaturated/α-hetero) is 1. The van der Waals surface area contributed by atoms with Crippen LogP contribution in [0.15, 0.2) is 24.3 Å². The van der Waals surface area contributed by atoms with Gasteiger partial charge in [-0.15, -0.1) is 12.4 Å². The molecule has 0 aromatic rings. The molecule has 0 spiro atoms. The average Bonchev–Trinajstić information content (AvgIpc) is 2.04. The molecule has 78 valence electrons. The molecule has 1 rings (SSSR count). The Balaban J connectivity index is 0.00000169. The normalized spacial score (nSPS) is 29.4. The molecule has 0 aliphatic heterocycles. The molecule has 0 bridgehead atoms. The van der Waals surface area contributed by atoms with Crippen LogP contribution < -0.4 is 0 Å². The van der Waals surface area contributed by atoms with Crippen LogP contribution in [0.1, 0.15) is 6.92 Å². The van der Waals surface area contributed by atoms with Gasteiger partial charge in [0.05, 0.1) is 0 Å². The van der Waals surface area contributed by atoms with Crippen molar-refractivity contribution in [2.24, 2.45) is 5.92 Å². The molecule has 5 heteroatoms. The highest BCUT2D eigenvalue weighted by atomic mass is 35.5. The van der Waals surface area contributed by atoms with E-state index in [2.05, 4.69) is 0 Å². The van der Waals surface area contributed by atoms with Crippen molar-refractivity contribution < 1.29 is 19.8 Å². The molecule has 2 atom stereocenters. The zero-order valence-corrected chi connectivity index (χ0v) is 8.32. The number of aliphatic carboxylic acids is 1. The Morgan fingerprint density at radius 2 is 1.93 bits per heavy atom. The first-order valence-electron chi connectivity index (χ1n) is 3.80. The van der Waals surface area contributed by atoms with Crippen LogP contribution in [0.3, 0.4) is 0 Å². The third kappa shape index (κ3) is 2.02. The van der Waals surface area contributed by atoms with Gasteiger partial charge in [-0.3, -0.25) is 9.59 Å². The van der Waals surface area contributed by atoms with E-state index >= 15 is 0 Å². The Labute approximate surface area is 87.3 Å².